The van der Waals surface area contributed by atoms with Crippen LogP contribution < -0.4 is 0 Å². The fraction of sp³-hybridized carbons (Fsp3) is 0.412. The molecular weight excluding hydrogens is 236 g/mol. The Labute approximate surface area is 115 Å². The minimum Gasteiger partial charge on any atom is -0.298 e. The summed E-state index contributed by atoms with van der Waals surface area (Å²) >= 11 is 0. The lowest BCUT2D eigenvalue weighted by Crippen LogP contribution is -2.31. The Morgan fingerprint density at radius 1 is 1.32 bits per heavy atom. The van der Waals surface area contributed by atoms with Gasteiger partial charge in [0.05, 0.1) is 5.41 Å². The van der Waals surface area contributed by atoms with Crippen molar-refractivity contribution in [2.45, 2.75) is 34.1 Å². The topological polar surface area (TPSA) is 34.1 Å². The largest absolute Gasteiger partial charge is 0.298 e. The van der Waals surface area contributed by atoms with E-state index in [4.69, 9.17) is 0 Å². The standard InChI is InChI=1S/C17H21O2/c1-12(2)15-8-6-14(7-9-15)10-13(3)16(19)17(4,5)11-18/h6-9,13H,1,10H2,2-5H3. The minimum atomic E-state index is -1.02. The van der Waals surface area contributed by atoms with Crippen molar-refractivity contribution in [2.24, 2.45) is 11.3 Å². The molecule has 1 atom stereocenters. The van der Waals surface area contributed by atoms with E-state index < -0.39 is 5.41 Å². The average Bonchev–Trinajstić information content (AvgIpc) is 2.38. The zero-order chi connectivity index (χ0) is 14.6. The van der Waals surface area contributed by atoms with Gasteiger partial charge in [-0.15, -0.1) is 0 Å². The van der Waals surface area contributed by atoms with Crippen molar-refractivity contribution in [1.82, 2.24) is 0 Å². The van der Waals surface area contributed by atoms with Crippen LogP contribution in [0.25, 0.3) is 5.57 Å². The maximum Gasteiger partial charge on any atom is 0.212 e. The lowest BCUT2D eigenvalue weighted by molar-refractivity contribution is -0.127. The molecule has 1 radical (unpaired) electrons. The van der Waals surface area contributed by atoms with Gasteiger partial charge in [0.1, 0.15) is 5.78 Å². The van der Waals surface area contributed by atoms with Crippen molar-refractivity contribution >= 4 is 17.6 Å². The molecule has 19 heavy (non-hydrogen) atoms. The van der Waals surface area contributed by atoms with Crippen LogP contribution in [0, 0.1) is 11.3 Å². The van der Waals surface area contributed by atoms with Gasteiger partial charge in [-0.05, 0) is 38.3 Å². The summed E-state index contributed by atoms with van der Waals surface area (Å²) in [5.74, 6) is -0.251. The molecule has 0 aromatic heterocycles. The summed E-state index contributed by atoms with van der Waals surface area (Å²) < 4.78 is 0. The van der Waals surface area contributed by atoms with Gasteiger partial charge in [0.15, 0.2) is 0 Å². The molecule has 0 aliphatic heterocycles. The van der Waals surface area contributed by atoms with Gasteiger partial charge >= 0.3 is 0 Å². The molecule has 0 aliphatic carbocycles. The van der Waals surface area contributed by atoms with E-state index in [9.17, 15) is 9.59 Å². The molecule has 0 heterocycles. The van der Waals surface area contributed by atoms with Gasteiger partial charge < -0.3 is 0 Å². The van der Waals surface area contributed by atoms with E-state index in [0.29, 0.717) is 6.42 Å². The molecule has 0 amide bonds. The molecule has 0 aliphatic rings. The predicted molar refractivity (Wildman–Crippen MR) is 78.5 cm³/mol. The first-order chi connectivity index (χ1) is 8.77. The summed E-state index contributed by atoms with van der Waals surface area (Å²) in [5.41, 5.74) is 2.20. The fourth-order valence-electron chi connectivity index (χ4n) is 2.04. The van der Waals surface area contributed by atoms with Crippen LogP contribution in [-0.2, 0) is 16.0 Å². The Hall–Kier alpha value is -1.70. The maximum atomic E-state index is 12.1. The van der Waals surface area contributed by atoms with Crippen LogP contribution in [0.4, 0.5) is 0 Å². The van der Waals surface area contributed by atoms with E-state index in [1.54, 1.807) is 13.8 Å². The Balaban J connectivity index is 2.77. The highest BCUT2D eigenvalue weighted by Crippen LogP contribution is 2.22. The molecule has 2 heteroatoms. The fourth-order valence-corrected chi connectivity index (χ4v) is 2.04. The molecule has 0 bridgehead atoms. The normalized spacial score (nSPS) is 12.8. The Bertz CT molecular complexity index is 480. The summed E-state index contributed by atoms with van der Waals surface area (Å²) in [6.07, 6.45) is 2.46. The van der Waals surface area contributed by atoms with E-state index in [1.807, 2.05) is 44.4 Å². The van der Waals surface area contributed by atoms with Crippen molar-refractivity contribution in [3.05, 3.63) is 42.0 Å². The summed E-state index contributed by atoms with van der Waals surface area (Å²) in [6.45, 7) is 10.9. The highest BCUT2D eigenvalue weighted by atomic mass is 16.1. The lowest BCUT2D eigenvalue weighted by atomic mass is 9.81. The van der Waals surface area contributed by atoms with Gasteiger partial charge in [-0.2, -0.15) is 0 Å². The molecule has 1 rings (SSSR count). The van der Waals surface area contributed by atoms with Crippen LogP contribution in [0.3, 0.4) is 0 Å². The van der Waals surface area contributed by atoms with Crippen molar-refractivity contribution in [3.8, 4) is 0 Å². The summed E-state index contributed by atoms with van der Waals surface area (Å²) in [7, 11) is 0. The number of hydrogen-bond acceptors (Lipinski definition) is 2. The van der Waals surface area contributed by atoms with Crippen LogP contribution in [0.2, 0.25) is 0 Å². The van der Waals surface area contributed by atoms with Crippen LogP contribution in [0.5, 0.6) is 0 Å². The molecular formula is C17H21O2. The third-order valence-electron chi connectivity index (χ3n) is 3.31. The molecule has 0 saturated carbocycles. The van der Waals surface area contributed by atoms with Crippen molar-refractivity contribution in [3.63, 3.8) is 0 Å². The quantitative estimate of drug-likeness (QED) is 0.730. The van der Waals surface area contributed by atoms with Crippen molar-refractivity contribution in [1.29, 1.82) is 0 Å². The van der Waals surface area contributed by atoms with Crippen LogP contribution in [-0.4, -0.2) is 12.1 Å². The highest BCUT2D eigenvalue weighted by molar-refractivity contribution is 5.98. The number of ketones is 1. The Morgan fingerprint density at radius 2 is 1.84 bits per heavy atom. The number of benzene rings is 1. The van der Waals surface area contributed by atoms with Crippen molar-refractivity contribution in [2.75, 3.05) is 0 Å². The molecule has 1 unspecified atom stereocenters. The second-order valence-electron chi connectivity index (χ2n) is 5.67. The zero-order valence-corrected chi connectivity index (χ0v) is 12.1. The Kier molecular flexibility index (Phi) is 4.82. The number of rotatable bonds is 6. The smallest absolute Gasteiger partial charge is 0.212 e. The van der Waals surface area contributed by atoms with E-state index in [2.05, 4.69) is 6.58 Å². The number of allylic oxidation sites excluding steroid dienone is 1. The molecule has 0 spiro atoms. The van der Waals surface area contributed by atoms with Gasteiger partial charge in [-0.25, -0.2) is 0 Å². The summed E-state index contributed by atoms with van der Waals surface area (Å²) in [5, 5.41) is 0. The maximum absolute atomic E-state index is 12.1. The third kappa shape index (κ3) is 3.88. The van der Waals surface area contributed by atoms with Gasteiger partial charge in [0.2, 0.25) is 6.29 Å². The molecule has 1 aromatic rings. The number of carbonyl (C=O) groups is 1. The molecule has 1 aromatic carbocycles. The van der Waals surface area contributed by atoms with Gasteiger partial charge in [-0.3, -0.25) is 9.59 Å². The molecule has 0 saturated heterocycles. The second-order valence-corrected chi connectivity index (χ2v) is 5.67. The molecule has 2 nitrogen and oxygen atoms in total. The van der Waals surface area contributed by atoms with E-state index in [0.717, 1.165) is 16.7 Å². The Morgan fingerprint density at radius 3 is 2.26 bits per heavy atom. The SMILES string of the molecule is C=C(C)c1ccc(CC(C)C(=O)C(C)(C)[C]=O)cc1. The first-order valence-electron chi connectivity index (χ1n) is 6.46. The van der Waals surface area contributed by atoms with Gasteiger partial charge in [0.25, 0.3) is 0 Å². The minimum absolute atomic E-state index is 0.0634. The lowest BCUT2D eigenvalue weighted by Gasteiger charge is -2.19. The predicted octanol–water partition coefficient (Wildman–Crippen LogP) is 3.60. The molecule has 101 valence electrons. The first kappa shape index (κ1) is 15.4. The highest BCUT2D eigenvalue weighted by Gasteiger charge is 2.31. The number of hydrogen-bond donors (Lipinski definition) is 0. The van der Waals surface area contributed by atoms with Crippen LogP contribution >= 0.6 is 0 Å². The summed E-state index contributed by atoms with van der Waals surface area (Å²) in [6, 6.07) is 8.02. The first-order valence-corrected chi connectivity index (χ1v) is 6.46. The zero-order valence-electron chi connectivity index (χ0n) is 12.1. The van der Waals surface area contributed by atoms with Crippen LogP contribution in [0.15, 0.2) is 30.8 Å². The molecule has 0 fully saturated rings. The van der Waals surface area contributed by atoms with E-state index in [1.165, 1.54) is 0 Å². The van der Waals surface area contributed by atoms with E-state index >= 15 is 0 Å². The number of Topliss-reactive ketones (excluding diaryl/α,β-unsaturated/α-hetero) is 1. The second kappa shape index (κ2) is 5.96. The van der Waals surface area contributed by atoms with Gasteiger partial charge in [0, 0.05) is 5.92 Å². The van der Waals surface area contributed by atoms with Crippen molar-refractivity contribution < 1.29 is 9.59 Å². The third-order valence-corrected chi connectivity index (χ3v) is 3.31. The van der Waals surface area contributed by atoms with E-state index in [-0.39, 0.29) is 11.7 Å². The summed E-state index contributed by atoms with van der Waals surface area (Å²) in [4.78, 5) is 22.9. The number of carbonyl (C=O) groups excluding carboxylic acids is 2. The van der Waals surface area contributed by atoms with Gasteiger partial charge in [-0.1, -0.05) is 43.3 Å². The monoisotopic (exact) mass is 257 g/mol. The molecule has 0 N–H and O–H groups in total. The average molecular weight is 257 g/mol. The van der Waals surface area contributed by atoms with Crippen LogP contribution in [0.1, 0.15) is 38.8 Å².